The number of nitrogens with one attached hydrogen (secondary N) is 2. The molecule has 1 fully saturated rings. The molecule has 0 aliphatic carbocycles. The second-order valence-corrected chi connectivity index (χ2v) is 7.53. The van der Waals surface area contributed by atoms with Gasteiger partial charge in [0, 0.05) is 29.9 Å². The predicted molar refractivity (Wildman–Crippen MR) is 98.2 cm³/mol. The molecule has 5 heteroatoms. The van der Waals surface area contributed by atoms with Crippen LogP contribution in [0.3, 0.4) is 0 Å². The van der Waals surface area contributed by atoms with Crippen molar-refractivity contribution in [2.75, 3.05) is 23.3 Å². The van der Waals surface area contributed by atoms with Gasteiger partial charge < -0.3 is 15.5 Å². The number of rotatable bonds is 4. The van der Waals surface area contributed by atoms with Crippen LogP contribution < -0.4 is 15.5 Å². The van der Waals surface area contributed by atoms with E-state index in [1.807, 2.05) is 45.0 Å². The summed E-state index contributed by atoms with van der Waals surface area (Å²) in [6.07, 6.45) is 3.79. The summed E-state index contributed by atoms with van der Waals surface area (Å²) in [6, 6.07) is 7.34. The van der Waals surface area contributed by atoms with E-state index in [9.17, 15) is 9.59 Å². The Morgan fingerprint density at radius 1 is 1.04 bits per heavy atom. The fourth-order valence-electron chi connectivity index (χ4n) is 2.64. The molecular formula is C19H29N3O2. The molecule has 2 N–H and O–H groups in total. The molecule has 1 aromatic carbocycles. The van der Waals surface area contributed by atoms with Crippen LogP contribution in [0.2, 0.25) is 0 Å². The standard InChI is InChI=1S/C19H29N3O2/c1-14(20-18(24)19(2,3)4)17(23)21-15-8-10-16(11-9-15)22-12-6-5-7-13-22/h8-11,14H,5-7,12-13H2,1-4H3,(H,20,24)(H,21,23)/t14-/m0/s1. The van der Waals surface area contributed by atoms with Gasteiger partial charge in [0.1, 0.15) is 6.04 Å². The van der Waals surface area contributed by atoms with Gasteiger partial charge in [-0.15, -0.1) is 0 Å². The zero-order chi connectivity index (χ0) is 17.7. The first-order valence-electron chi connectivity index (χ1n) is 8.74. The summed E-state index contributed by atoms with van der Waals surface area (Å²) in [5, 5.41) is 5.60. The molecule has 1 atom stereocenters. The van der Waals surface area contributed by atoms with E-state index in [2.05, 4.69) is 15.5 Å². The molecule has 1 aliphatic rings. The molecule has 1 heterocycles. The Bertz CT molecular complexity index is 569. The Kier molecular flexibility index (Phi) is 5.86. The van der Waals surface area contributed by atoms with Gasteiger partial charge in [0.2, 0.25) is 11.8 Å². The summed E-state index contributed by atoms with van der Waals surface area (Å²) in [6.45, 7) is 9.37. The van der Waals surface area contributed by atoms with Gasteiger partial charge in [0.25, 0.3) is 0 Å². The zero-order valence-corrected chi connectivity index (χ0v) is 15.2. The molecule has 132 valence electrons. The van der Waals surface area contributed by atoms with Crippen molar-refractivity contribution < 1.29 is 9.59 Å². The molecule has 24 heavy (non-hydrogen) atoms. The number of hydrogen-bond acceptors (Lipinski definition) is 3. The van der Waals surface area contributed by atoms with E-state index < -0.39 is 11.5 Å². The van der Waals surface area contributed by atoms with Gasteiger partial charge in [-0.25, -0.2) is 0 Å². The van der Waals surface area contributed by atoms with E-state index in [0.29, 0.717) is 0 Å². The maximum Gasteiger partial charge on any atom is 0.246 e. The molecule has 0 radical (unpaired) electrons. The highest BCUT2D eigenvalue weighted by Crippen LogP contribution is 2.22. The summed E-state index contributed by atoms with van der Waals surface area (Å²) in [5.74, 6) is -0.344. The highest BCUT2D eigenvalue weighted by atomic mass is 16.2. The monoisotopic (exact) mass is 331 g/mol. The van der Waals surface area contributed by atoms with E-state index in [1.54, 1.807) is 6.92 Å². The van der Waals surface area contributed by atoms with Crippen molar-refractivity contribution in [2.45, 2.75) is 53.0 Å². The maximum absolute atomic E-state index is 12.2. The van der Waals surface area contributed by atoms with Crippen LogP contribution in [0.5, 0.6) is 0 Å². The lowest BCUT2D eigenvalue weighted by molar-refractivity contribution is -0.131. The Labute approximate surface area is 144 Å². The third kappa shape index (κ3) is 4.98. The number of benzene rings is 1. The number of hydrogen-bond donors (Lipinski definition) is 2. The lowest BCUT2D eigenvalue weighted by Gasteiger charge is -2.29. The average molecular weight is 331 g/mol. The van der Waals surface area contributed by atoms with E-state index in [0.717, 1.165) is 18.8 Å². The molecule has 1 saturated heterocycles. The quantitative estimate of drug-likeness (QED) is 0.891. The molecule has 0 bridgehead atoms. The van der Waals surface area contributed by atoms with Crippen molar-refractivity contribution in [1.29, 1.82) is 0 Å². The van der Waals surface area contributed by atoms with Crippen LogP contribution in [-0.4, -0.2) is 30.9 Å². The van der Waals surface area contributed by atoms with Crippen LogP contribution in [0, 0.1) is 5.41 Å². The fourth-order valence-corrected chi connectivity index (χ4v) is 2.64. The first-order chi connectivity index (χ1) is 11.3. The van der Waals surface area contributed by atoms with Gasteiger partial charge >= 0.3 is 0 Å². The van der Waals surface area contributed by atoms with Gasteiger partial charge in [0.05, 0.1) is 0 Å². The predicted octanol–water partition coefficient (Wildman–Crippen LogP) is 3.17. The molecule has 1 aliphatic heterocycles. The Morgan fingerprint density at radius 2 is 1.62 bits per heavy atom. The van der Waals surface area contributed by atoms with E-state index in [4.69, 9.17) is 0 Å². The first kappa shape index (κ1) is 18.3. The highest BCUT2D eigenvalue weighted by Gasteiger charge is 2.25. The number of piperidine rings is 1. The van der Waals surface area contributed by atoms with Crippen molar-refractivity contribution in [3.8, 4) is 0 Å². The number of amides is 2. The molecule has 1 aromatic rings. The summed E-state index contributed by atoms with van der Waals surface area (Å²) in [4.78, 5) is 26.6. The Morgan fingerprint density at radius 3 is 2.17 bits per heavy atom. The average Bonchev–Trinajstić information content (AvgIpc) is 2.55. The van der Waals surface area contributed by atoms with Gasteiger partial charge in [-0.2, -0.15) is 0 Å². The van der Waals surface area contributed by atoms with E-state index in [-0.39, 0.29) is 11.8 Å². The third-order valence-electron chi connectivity index (χ3n) is 4.28. The Balaban J connectivity index is 1.90. The minimum atomic E-state index is -0.571. The molecule has 0 saturated carbocycles. The topological polar surface area (TPSA) is 61.4 Å². The lowest BCUT2D eigenvalue weighted by Crippen LogP contribution is -2.46. The molecule has 5 nitrogen and oxygen atoms in total. The zero-order valence-electron chi connectivity index (χ0n) is 15.2. The normalized spacial score (nSPS) is 16.4. The largest absolute Gasteiger partial charge is 0.372 e. The van der Waals surface area contributed by atoms with Crippen molar-refractivity contribution in [1.82, 2.24) is 5.32 Å². The summed E-state index contributed by atoms with van der Waals surface area (Å²) in [7, 11) is 0. The van der Waals surface area contributed by atoms with Gasteiger partial charge in [-0.3, -0.25) is 9.59 Å². The van der Waals surface area contributed by atoms with Crippen LogP contribution in [0.4, 0.5) is 11.4 Å². The lowest BCUT2D eigenvalue weighted by atomic mass is 9.95. The second-order valence-electron chi connectivity index (χ2n) is 7.53. The Hall–Kier alpha value is -2.04. The molecule has 0 spiro atoms. The molecule has 2 rings (SSSR count). The van der Waals surface area contributed by atoms with Crippen molar-refractivity contribution in [3.63, 3.8) is 0 Å². The number of anilines is 2. The second kappa shape index (κ2) is 7.69. The highest BCUT2D eigenvalue weighted by molar-refractivity contribution is 5.97. The summed E-state index contributed by atoms with van der Waals surface area (Å²) in [5.41, 5.74) is 1.43. The van der Waals surface area contributed by atoms with E-state index >= 15 is 0 Å². The van der Waals surface area contributed by atoms with Gasteiger partial charge in [0.15, 0.2) is 0 Å². The van der Waals surface area contributed by atoms with Crippen LogP contribution in [0.25, 0.3) is 0 Å². The minimum Gasteiger partial charge on any atom is -0.372 e. The SMILES string of the molecule is C[C@H](NC(=O)C(C)(C)C)C(=O)Nc1ccc(N2CCCCC2)cc1. The fraction of sp³-hybridized carbons (Fsp3) is 0.579. The van der Waals surface area contributed by atoms with E-state index in [1.165, 1.54) is 24.9 Å². The molecule has 0 unspecified atom stereocenters. The smallest absolute Gasteiger partial charge is 0.246 e. The van der Waals surface area contributed by atoms with Crippen molar-refractivity contribution in [3.05, 3.63) is 24.3 Å². The number of nitrogens with zero attached hydrogens (tertiary/aromatic N) is 1. The van der Waals surface area contributed by atoms with Crippen molar-refractivity contribution in [2.24, 2.45) is 5.41 Å². The third-order valence-corrected chi connectivity index (χ3v) is 4.28. The van der Waals surface area contributed by atoms with Crippen LogP contribution in [0.15, 0.2) is 24.3 Å². The number of carbonyl (C=O) groups is 2. The summed E-state index contributed by atoms with van der Waals surface area (Å²) >= 11 is 0. The van der Waals surface area contributed by atoms with Crippen LogP contribution in [-0.2, 0) is 9.59 Å². The minimum absolute atomic E-state index is 0.134. The van der Waals surface area contributed by atoms with Gasteiger partial charge in [-0.05, 0) is 50.5 Å². The number of carbonyl (C=O) groups excluding carboxylic acids is 2. The van der Waals surface area contributed by atoms with Crippen LogP contribution in [0.1, 0.15) is 47.0 Å². The molecule has 2 amide bonds. The maximum atomic E-state index is 12.2. The van der Waals surface area contributed by atoms with Crippen molar-refractivity contribution >= 4 is 23.2 Å². The van der Waals surface area contributed by atoms with Gasteiger partial charge in [-0.1, -0.05) is 20.8 Å². The molecular weight excluding hydrogens is 302 g/mol. The molecule has 0 aromatic heterocycles. The summed E-state index contributed by atoms with van der Waals surface area (Å²) < 4.78 is 0. The first-order valence-corrected chi connectivity index (χ1v) is 8.74. The van der Waals surface area contributed by atoms with Crippen LogP contribution >= 0.6 is 0 Å².